The summed E-state index contributed by atoms with van der Waals surface area (Å²) in [4.78, 5) is 46.9. The summed E-state index contributed by atoms with van der Waals surface area (Å²) in [5.41, 5.74) is 1.67. The quantitative estimate of drug-likeness (QED) is 0.242. The molecule has 0 aliphatic carbocycles. The first-order chi connectivity index (χ1) is 26.0. The smallest absolute Gasteiger partial charge is 0.318 e. The van der Waals surface area contributed by atoms with Gasteiger partial charge in [-0.1, -0.05) is 59.6 Å². The molecule has 14 heteroatoms. The first-order valence-electron chi connectivity index (χ1n) is 18.3. The highest BCUT2D eigenvalue weighted by Gasteiger charge is 2.44. The van der Waals surface area contributed by atoms with E-state index in [-0.39, 0.29) is 23.9 Å². The molecule has 0 bridgehead atoms. The van der Waals surface area contributed by atoms with Crippen LogP contribution in [0.25, 0.3) is 0 Å². The van der Waals surface area contributed by atoms with Crippen molar-refractivity contribution in [1.82, 2.24) is 24.9 Å². The highest BCUT2D eigenvalue weighted by molar-refractivity contribution is 6.42. The van der Waals surface area contributed by atoms with Gasteiger partial charge in [0.15, 0.2) is 11.5 Å². The minimum absolute atomic E-state index is 0.0208. The van der Waals surface area contributed by atoms with E-state index in [9.17, 15) is 19.5 Å². The fourth-order valence-corrected chi connectivity index (χ4v) is 8.50. The Morgan fingerprint density at radius 1 is 0.741 bits per heavy atom. The molecule has 0 unspecified atom stereocenters. The van der Waals surface area contributed by atoms with E-state index in [2.05, 4.69) is 22.3 Å². The second kappa shape index (κ2) is 17.1. The van der Waals surface area contributed by atoms with Crippen molar-refractivity contribution < 1.29 is 33.7 Å². The number of hydrogen-bond acceptors (Lipinski definition) is 8. The molecule has 2 N–H and O–H groups in total. The molecule has 3 aromatic rings. The predicted molar refractivity (Wildman–Crippen MR) is 207 cm³/mol. The number of urea groups is 1. The summed E-state index contributed by atoms with van der Waals surface area (Å²) in [6.45, 7) is 5.37. The second-order valence-electron chi connectivity index (χ2n) is 14.4. The number of rotatable bonds is 12. The first-order valence-corrected chi connectivity index (χ1v) is 19.1. The van der Waals surface area contributed by atoms with Crippen molar-refractivity contribution in [3.8, 4) is 17.2 Å². The van der Waals surface area contributed by atoms with Crippen molar-refractivity contribution in [2.24, 2.45) is 0 Å². The molecule has 3 aliphatic rings. The summed E-state index contributed by atoms with van der Waals surface area (Å²) in [5.74, 6) is 0.278. The number of halogens is 2. The third kappa shape index (κ3) is 8.52. The topological polar surface area (TPSA) is 124 Å². The van der Waals surface area contributed by atoms with Crippen molar-refractivity contribution in [2.45, 2.75) is 36.6 Å². The van der Waals surface area contributed by atoms with Gasteiger partial charge >= 0.3 is 12.0 Å². The monoisotopic (exact) mass is 781 g/mol. The average Bonchev–Trinajstić information content (AvgIpc) is 3.63. The second-order valence-corrected chi connectivity index (χ2v) is 15.2. The largest absolute Gasteiger partial charge is 0.493 e. The first kappa shape index (κ1) is 39.5. The van der Waals surface area contributed by atoms with Gasteiger partial charge < -0.3 is 39.3 Å². The van der Waals surface area contributed by atoms with Gasteiger partial charge in [0.25, 0.3) is 5.91 Å². The number of hydrogen-bond donors (Lipinski definition) is 2. The van der Waals surface area contributed by atoms with Gasteiger partial charge in [0, 0.05) is 63.3 Å². The lowest BCUT2D eigenvalue weighted by Gasteiger charge is -2.45. The van der Waals surface area contributed by atoms with Crippen molar-refractivity contribution in [3.05, 3.63) is 87.4 Å². The minimum Gasteiger partial charge on any atom is -0.493 e. The van der Waals surface area contributed by atoms with E-state index in [4.69, 9.17) is 37.4 Å². The van der Waals surface area contributed by atoms with Crippen LogP contribution in [-0.4, -0.2) is 129 Å². The lowest BCUT2D eigenvalue weighted by molar-refractivity contribution is -0.138. The number of methoxy groups -OCH3 is 3. The molecular formula is C40H49Cl2N5O7. The highest BCUT2D eigenvalue weighted by Crippen LogP contribution is 2.43. The lowest BCUT2D eigenvalue weighted by Crippen LogP contribution is -2.59. The highest BCUT2D eigenvalue weighted by atomic mass is 35.5. The van der Waals surface area contributed by atoms with Gasteiger partial charge in [-0.2, -0.15) is 0 Å². The number of piperazine rings is 1. The van der Waals surface area contributed by atoms with Crippen LogP contribution in [0.2, 0.25) is 10.0 Å². The van der Waals surface area contributed by atoms with Crippen LogP contribution in [0, 0.1) is 0 Å². The molecule has 12 nitrogen and oxygen atoms in total. The molecular weight excluding hydrogens is 733 g/mol. The molecule has 6 rings (SSSR count). The van der Waals surface area contributed by atoms with E-state index in [1.54, 1.807) is 17.0 Å². The van der Waals surface area contributed by atoms with Crippen molar-refractivity contribution >= 4 is 41.1 Å². The van der Waals surface area contributed by atoms with Crippen LogP contribution >= 0.6 is 23.2 Å². The zero-order valence-corrected chi connectivity index (χ0v) is 32.6. The van der Waals surface area contributed by atoms with Gasteiger partial charge in [0.2, 0.25) is 5.75 Å². The SMILES string of the molecule is COc1cc(C(=O)N2CC[C@](CCN3CCC(NC(=O)N4CCN(CC(=O)O)CC4)(c4ccccc4)CC3)(c3ccc(Cl)c(Cl)c3)C2)cc(OC)c1OC. The maximum Gasteiger partial charge on any atom is 0.318 e. The molecule has 1 atom stereocenters. The summed E-state index contributed by atoms with van der Waals surface area (Å²) < 4.78 is 16.5. The number of carboxylic acids is 1. The van der Waals surface area contributed by atoms with E-state index in [0.717, 1.165) is 56.4 Å². The van der Waals surface area contributed by atoms with Crippen LogP contribution in [0.3, 0.4) is 0 Å². The van der Waals surface area contributed by atoms with Gasteiger partial charge in [-0.15, -0.1) is 0 Å². The van der Waals surface area contributed by atoms with Crippen molar-refractivity contribution in [2.75, 3.05) is 86.8 Å². The maximum atomic E-state index is 14.0. The molecule has 0 spiro atoms. The molecule has 54 heavy (non-hydrogen) atoms. The number of carbonyl (C=O) groups is 3. The number of likely N-dealkylation sites (tertiary alicyclic amines) is 2. The van der Waals surface area contributed by atoms with E-state index in [1.807, 2.05) is 46.2 Å². The Labute approximate surface area is 326 Å². The van der Waals surface area contributed by atoms with Crippen LogP contribution in [0.1, 0.15) is 47.2 Å². The third-order valence-corrected chi connectivity index (χ3v) is 12.1. The molecule has 3 aromatic carbocycles. The van der Waals surface area contributed by atoms with Crippen molar-refractivity contribution in [3.63, 3.8) is 0 Å². The third-order valence-electron chi connectivity index (χ3n) is 11.4. The molecule has 290 valence electrons. The van der Waals surface area contributed by atoms with Crippen molar-refractivity contribution in [1.29, 1.82) is 0 Å². The number of ether oxygens (including phenoxy) is 3. The standard InChI is InChI=1S/C40H49Cl2N5O7/c1-52-33-23-28(24-34(53-2)36(33)54-3)37(50)47-18-12-39(27-47,30-9-10-31(41)32(42)25-30)11-15-44-16-13-40(14-17-44,29-7-5-4-6-8-29)43-38(51)46-21-19-45(20-22-46)26-35(48)49/h4-10,23-25H,11-22,26-27H2,1-3H3,(H,43,51)(H,48,49)/t39-/m0/s1. The zero-order chi connectivity index (χ0) is 38.5. The minimum atomic E-state index is -0.861. The Morgan fingerprint density at radius 3 is 2.00 bits per heavy atom. The lowest BCUT2D eigenvalue weighted by atomic mass is 9.76. The summed E-state index contributed by atoms with van der Waals surface area (Å²) in [6, 6.07) is 19.2. The summed E-state index contributed by atoms with van der Waals surface area (Å²) in [7, 11) is 4.59. The Kier molecular flexibility index (Phi) is 12.5. The summed E-state index contributed by atoms with van der Waals surface area (Å²) >= 11 is 12.9. The van der Waals surface area contributed by atoms with Gasteiger partial charge in [-0.3, -0.25) is 14.5 Å². The fraction of sp³-hybridized carbons (Fsp3) is 0.475. The van der Waals surface area contributed by atoms with E-state index in [1.165, 1.54) is 21.3 Å². The van der Waals surface area contributed by atoms with Crippen LogP contribution in [0.15, 0.2) is 60.7 Å². The molecule has 3 saturated heterocycles. The molecule has 0 radical (unpaired) electrons. The number of benzene rings is 3. The van der Waals surface area contributed by atoms with E-state index < -0.39 is 11.5 Å². The Bertz CT molecular complexity index is 1790. The number of aliphatic carboxylic acids is 1. The predicted octanol–water partition coefficient (Wildman–Crippen LogP) is 5.60. The molecule has 0 aromatic heterocycles. The molecule has 3 aliphatic heterocycles. The van der Waals surface area contributed by atoms with Crippen LogP contribution in [-0.2, 0) is 15.7 Å². The van der Waals surface area contributed by atoms with Gasteiger partial charge in [-0.05, 0) is 67.6 Å². The number of piperidine rings is 1. The average molecular weight is 783 g/mol. The summed E-state index contributed by atoms with van der Waals surface area (Å²) in [5, 5.41) is 13.6. The fourth-order valence-electron chi connectivity index (χ4n) is 8.20. The number of nitrogens with one attached hydrogen (secondary N) is 1. The Hall–Kier alpha value is -4.23. The zero-order valence-electron chi connectivity index (χ0n) is 31.1. The van der Waals surface area contributed by atoms with E-state index >= 15 is 0 Å². The maximum absolute atomic E-state index is 14.0. The van der Waals surface area contributed by atoms with Crippen LogP contribution in [0.4, 0.5) is 4.79 Å². The van der Waals surface area contributed by atoms with E-state index in [0.29, 0.717) is 72.1 Å². The number of carboxylic acid groups (broad SMARTS) is 1. The van der Waals surface area contributed by atoms with Gasteiger partial charge in [0.05, 0.1) is 43.5 Å². The van der Waals surface area contributed by atoms with Crippen LogP contribution in [0.5, 0.6) is 17.2 Å². The van der Waals surface area contributed by atoms with Gasteiger partial charge in [-0.25, -0.2) is 4.79 Å². The summed E-state index contributed by atoms with van der Waals surface area (Å²) in [6.07, 6.45) is 2.99. The number of amides is 3. The Balaban J connectivity index is 1.16. The normalized spacial score (nSPS) is 20.4. The molecule has 3 amide bonds. The number of carbonyl (C=O) groups excluding carboxylic acids is 2. The van der Waals surface area contributed by atoms with Gasteiger partial charge in [0.1, 0.15) is 0 Å². The molecule has 0 saturated carbocycles. The van der Waals surface area contributed by atoms with Crippen LogP contribution < -0.4 is 19.5 Å². The molecule has 3 fully saturated rings. The Morgan fingerprint density at radius 2 is 1.41 bits per heavy atom. The molecule has 3 heterocycles. The number of nitrogens with zero attached hydrogens (tertiary/aromatic N) is 4.